The highest BCUT2D eigenvalue weighted by atomic mass is 79.9. The van der Waals surface area contributed by atoms with E-state index < -0.39 is 0 Å². The number of aliphatic imine (C=N–C) groups is 1. The zero-order chi connectivity index (χ0) is 20.1. The molecule has 1 aliphatic carbocycles. The van der Waals surface area contributed by atoms with Crippen molar-refractivity contribution in [3.63, 3.8) is 0 Å². The largest absolute Gasteiger partial charge is 0.493 e. The van der Waals surface area contributed by atoms with Gasteiger partial charge in [0.15, 0.2) is 16.7 Å². The maximum Gasteiger partial charge on any atom is 0.260 e. The van der Waals surface area contributed by atoms with Crippen LogP contribution in [-0.2, 0) is 0 Å². The number of ether oxygens (including phenoxy) is 2. The summed E-state index contributed by atoms with van der Waals surface area (Å²) in [6.07, 6.45) is 5.84. The first-order valence-electron chi connectivity index (χ1n) is 10.1. The van der Waals surface area contributed by atoms with E-state index >= 15 is 0 Å². The van der Waals surface area contributed by atoms with Crippen molar-refractivity contribution >= 4 is 38.8 Å². The molecule has 1 saturated carbocycles. The Morgan fingerprint density at radius 3 is 2.82 bits per heavy atom. The van der Waals surface area contributed by atoms with E-state index in [2.05, 4.69) is 22.9 Å². The molecule has 1 amide bonds. The van der Waals surface area contributed by atoms with E-state index in [4.69, 9.17) is 14.5 Å². The van der Waals surface area contributed by atoms with Crippen molar-refractivity contribution in [2.45, 2.75) is 52.0 Å². The summed E-state index contributed by atoms with van der Waals surface area (Å²) in [6.45, 7) is 5.44. The van der Waals surface area contributed by atoms with Gasteiger partial charge in [0.05, 0.1) is 24.2 Å². The van der Waals surface area contributed by atoms with Crippen molar-refractivity contribution in [3.8, 4) is 11.5 Å². The lowest BCUT2D eigenvalue weighted by Gasteiger charge is -2.32. The number of methoxy groups -OCH3 is 1. The summed E-state index contributed by atoms with van der Waals surface area (Å²) in [5.41, 5.74) is 0.582. The SMILES string of the molecule is CCOc1c(Br)cc(C(=O)N2CCCSC2=NC2CCCCC2C)cc1OC. The Balaban J connectivity index is 1.88. The number of carbonyl (C=O) groups excluding carboxylic acids is 1. The lowest BCUT2D eigenvalue weighted by Crippen LogP contribution is -2.40. The molecule has 1 aliphatic heterocycles. The van der Waals surface area contributed by atoms with Crippen LogP contribution < -0.4 is 9.47 Å². The molecule has 1 saturated heterocycles. The number of halogens is 1. The number of hydrogen-bond donors (Lipinski definition) is 0. The van der Waals surface area contributed by atoms with Crippen LogP contribution in [0.2, 0.25) is 0 Å². The first kappa shape index (κ1) is 21.5. The Morgan fingerprint density at radius 1 is 1.32 bits per heavy atom. The molecule has 0 bridgehead atoms. The molecule has 5 nitrogen and oxygen atoms in total. The quantitative estimate of drug-likeness (QED) is 0.582. The summed E-state index contributed by atoms with van der Waals surface area (Å²) >= 11 is 5.23. The monoisotopic (exact) mass is 468 g/mol. The van der Waals surface area contributed by atoms with Gasteiger partial charge in [0.25, 0.3) is 5.91 Å². The van der Waals surface area contributed by atoms with Crippen molar-refractivity contribution in [1.82, 2.24) is 4.90 Å². The first-order valence-corrected chi connectivity index (χ1v) is 11.9. The number of benzene rings is 1. The molecule has 0 spiro atoms. The Kier molecular flexibility index (Phi) is 7.69. The predicted octanol–water partition coefficient (Wildman–Crippen LogP) is 5.37. The smallest absolute Gasteiger partial charge is 0.260 e. The van der Waals surface area contributed by atoms with Crippen molar-refractivity contribution < 1.29 is 14.3 Å². The van der Waals surface area contributed by atoms with E-state index in [1.807, 2.05) is 17.9 Å². The van der Waals surface area contributed by atoms with Gasteiger partial charge in [-0.3, -0.25) is 14.7 Å². The molecule has 0 aromatic heterocycles. The average molecular weight is 469 g/mol. The van der Waals surface area contributed by atoms with E-state index in [-0.39, 0.29) is 5.91 Å². The highest BCUT2D eigenvalue weighted by molar-refractivity contribution is 9.10. The molecule has 2 unspecified atom stereocenters. The lowest BCUT2D eigenvalue weighted by molar-refractivity contribution is 0.0847. The molecule has 2 aliphatic rings. The maximum atomic E-state index is 13.3. The van der Waals surface area contributed by atoms with Crippen LogP contribution in [0.5, 0.6) is 11.5 Å². The fraction of sp³-hybridized carbons (Fsp3) is 0.619. The van der Waals surface area contributed by atoms with Crippen LogP contribution in [0.25, 0.3) is 0 Å². The van der Waals surface area contributed by atoms with Crippen LogP contribution in [0.4, 0.5) is 0 Å². The van der Waals surface area contributed by atoms with Gasteiger partial charge in [-0.05, 0) is 60.2 Å². The number of carbonyl (C=O) groups is 1. The van der Waals surface area contributed by atoms with Gasteiger partial charge < -0.3 is 9.47 Å². The van der Waals surface area contributed by atoms with E-state index in [9.17, 15) is 4.79 Å². The average Bonchev–Trinajstić information content (AvgIpc) is 2.71. The zero-order valence-corrected chi connectivity index (χ0v) is 19.3. The molecular weight excluding hydrogens is 440 g/mol. The van der Waals surface area contributed by atoms with Crippen molar-refractivity contribution in [2.24, 2.45) is 10.9 Å². The summed E-state index contributed by atoms with van der Waals surface area (Å²) in [5, 5.41) is 0.874. The summed E-state index contributed by atoms with van der Waals surface area (Å²) in [4.78, 5) is 20.2. The molecule has 28 heavy (non-hydrogen) atoms. The minimum Gasteiger partial charge on any atom is -0.493 e. The fourth-order valence-electron chi connectivity index (χ4n) is 3.77. The number of thioether (sulfide) groups is 1. The van der Waals surface area contributed by atoms with Crippen LogP contribution in [0, 0.1) is 5.92 Å². The zero-order valence-electron chi connectivity index (χ0n) is 16.9. The van der Waals surface area contributed by atoms with Crippen molar-refractivity contribution in [1.29, 1.82) is 0 Å². The molecule has 0 radical (unpaired) electrons. The van der Waals surface area contributed by atoms with E-state index in [0.717, 1.165) is 28.2 Å². The molecular formula is C21H29BrN2O3S. The van der Waals surface area contributed by atoms with Crippen LogP contribution in [0.15, 0.2) is 21.6 Å². The van der Waals surface area contributed by atoms with Gasteiger partial charge in [-0.2, -0.15) is 0 Å². The second-order valence-corrected chi connectivity index (χ2v) is 9.24. The molecule has 2 fully saturated rings. The van der Waals surface area contributed by atoms with Gasteiger partial charge in [-0.25, -0.2) is 0 Å². The Morgan fingerprint density at radius 2 is 2.11 bits per heavy atom. The number of amides is 1. The molecule has 0 N–H and O–H groups in total. The molecule has 2 atom stereocenters. The van der Waals surface area contributed by atoms with Crippen molar-refractivity contribution in [3.05, 3.63) is 22.2 Å². The summed E-state index contributed by atoms with van der Waals surface area (Å²) in [5.74, 6) is 2.75. The van der Waals surface area contributed by atoms with E-state index in [1.165, 1.54) is 19.3 Å². The Bertz CT molecular complexity index is 741. The second kappa shape index (κ2) is 10.0. The van der Waals surface area contributed by atoms with Gasteiger partial charge in [-0.1, -0.05) is 31.5 Å². The summed E-state index contributed by atoms with van der Waals surface area (Å²) in [6, 6.07) is 3.90. The summed E-state index contributed by atoms with van der Waals surface area (Å²) < 4.78 is 11.8. The highest BCUT2D eigenvalue weighted by Gasteiger charge is 2.29. The maximum absolute atomic E-state index is 13.3. The van der Waals surface area contributed by atoms with Gasteiger partial charge in [0.1, 0.15) is 0 Å². The standard InChI is InChI=1S/C21H29BrN2O3S/c1-4-27-19-16(22)12-15(13-18(19)26-3)20(25)24-10-7-11-28-21(24)23-17-9-6-5-8-14(17)2/h12-14,17H,4-11H2,1-3H3. The summed E-state index contributed by atoms with van der Waals surface area (Å²) in [7, 11) is 1.59. The minimum atomic E-state index is -0.0311. The molecule has 1 aromatic rings. The Labute approximate surface area is 180 Å². The third kappa shape index (κ3) is 4.85. The molecule has 1 heterocycles. The first-order chi connectivity index (χ1) is 13.5. The van der Waals surface area contributed by atoms with Crippen LogP contribution >= 0.6 is 27.7 Å². The molecule has 154 valence electrons. The number of hydrogen-bond acceptors (Lipinski definition) is 5. The third-order valence-corrected chi connectivity index (χ3v) is 7.01. The normalized spacial score (nSPS) is 24.3. The van der Waals surface area contributed by atoms with Crippen LogP contribution in [0.1, 0.15) is 56.3 Å². The predicted molar refractivity (Wildman–Crippen MR) is 119 cm³/mol. The molecule has 7 heteroatoms. The van der Waals surface area contributed by atoms with Crippen LogP contribution in [0.3, 0.4) is 0 Å². The number of amidine groups is 1. The van der Waals surface area contributed by atoms with E-state index in [0.29, 0.717) is 42.2 Å². The number of nitrogens with zero attached hydrogens (tertiary/aromatic N) is 2. The second-order valence-electron chi connectivity index (χ2n) is 7.32. The van der Waals surface area contributed by atoms with Crippen LogP contribution in [-0.4, -0.2) is 48.0 Å². The molecule has 3 rings (SSSR count). The minimum absolute atomic E-state index is 0.0311. The fourth-order valence-corrected chi connectivity index (χ4v) is 5.32. The highest BCUT2D eigenvalue weighted by Crippen LogP contribution is 2.37. The van der Waals surface area contributed by atoms with Gasteiger partial charge in [0.2, 0.25) is 0 Å². The van der Waals surface area contributed by atoms with Gasteiger partial charge in [0, 0.05) is 17.9 Å². The lowest BCUT2D eigenvalue weighted by atomic mass is 9.86. The third-order valence-electron chi connectivity index (χ3n) is 5.34. The molecule has 1 aromatic carbocycles. The topological polar surface area (TPSA) is 51.1 Å². The Hall–Kier alpha value is -1.21. The van der Waals surface area contributed by atoms with Gasteiger partial charge >= 0.3 is 0 Å². The van der Waals surface area contributed by atoms with Gasteiger partial charge in [-0.15, -0.1) is 0 Å². The van der Waals surface area contributed by atoms with E-state index in [1.54, 1.807) is 24.9 Å². The van der Waals surface area contributed by atoms with Crippen molar-refractivity contribution in [2.75, 3.05) is 26.0 Å². The number of rotatable bonds is 5.